The van der Waals surface area contributed by atoms with Gasteiger partial charge in [0.1, 0.15) is 0 Å². The van der Waals surface area contributed by atoms with E-state index in [1.54, 1.807) is 7.11 Å². The van der Waals surface area contributed by atoms with Crippen molar-refractivity contribution in [3.63, 3.8) is 0 Å². The van der Waals surface area contributed by atoms with Gasteiger partial charge in [0.25, 0.3) is 0 Å². The predicted octanol–water partition coefficient (Wildman–Crippen LogP) is 3.75. The third-order valence-electron chi connectivity index (χ3n) is 4.27. The lowest BCUT2D eigenvalue weighted by Gasteiger charge is -2.30. The number of fused-ring (bicyclic) bond motifs is 3. The molecule has 3 rings (SSSR count). The fraction of sp³-hybridized carbons (Fsp3) is 0.600. The summed E-state index contributed by atoms with van der Waals surface area (Å²) in [6, 6.07) is 6.33. The molecule has 1 aliphatic carbocycles. The van der Waals surface area contributed by atoms with E-state index < -0.39 is 0 Å². The molecule has 1 aromatic rings. The number of para-hydroxylation sites is 1. The van der Waals surface area contributed by atoms with Crippen molar-refractivity contribution in [2.75, 3.05) is 13.7 Å². The zero-order valence-electron chi connectivity index (χ0n) is 10.4. The van der Waals surface area contributed by atoms with Gasteiger partial charge in [-0.2, -0.15) is 0 Å². The molecular formula is C15H20O2. The first kappa shape index (κ1) is 10.9. The number of methoxy groups -OCH3 is 1. The molecule has 2 atom stereocenters. The standard InChI is InChI=1S/C15H20O2/c1-16-14-8-4-7-13-12-6-3-2-5-11(12)9-10-17-15(13)14/h4,7-8,11-12H,2-3,5-6,9-10H2,1H3. The van der Waals surface area contributed by atoms with Crippen molar-refractivity contribution in [3.05, 3.63) is 23.8 Å². The number of hydrogen-bond donors (Lipinski definition) is 0. The number of benzene rings is 1. The van der Waals surface area contributed by atoms with E-state index >= 15 is 0 Å². The minimum absolute atomic E-state index is 0.691. The van der Waals surface area contributed by atoms with Gasteiger partial charge in [0.05, 0.1) is 13.7 Å². The van der Waals surface area contributed by atoms with Gasteiger partial charge in [-0.05, 0) is 37.2 Å². The average molecular weight is 232 g/mol. The third-order valence-corrected chi connectivity index (χ3v) is 4.27. The Labute approximate surface area is 103 Å². The third kappa shape index (κ3) is 1.90. The molecule has 0 radical (unpaired) electrons. The molecule has 1 heterocycles. The summed E-state index contributed by atoms with van der Waals surface area (Å²) in [6.45, 7) is 0.842. The molecule has 0 saturated heterocycles. The second kappa shape index (κ2) is 4.59. The van der Waals surface area contributed by atoms with E-state index in [0.29, 0.717) is 5.92 Å². The van der Waals surface area contributed by atoms with E-state index in [1.165, 1.54) is 37.7 Å². The summed E-state index contributed by atoms with van der Waals surface area (Å²) in [6.07, 6.45) is 6.62. The minimum Gasteiger partial charge on any atom is -0.493 e. The molecule has 17 heavy (non-hydrogen) atoms. The molecular weight excluding hydrogens is 212 g/mol. The van der Waals surface area contributed by atoms with Crippen LogP contribution in [0.25, 0.3) is 0 Å². The van der Waals surface area contributed by atoms with Gasteiger partial charge in [0.2, 0.25) is 0 Å². The van der Waals surface area contributed by atoms with Gasteiger partial charge in [0.15, 0.2) is 11.5 Å². The van der Waals surface area contributed by atoms with Crippen molar-refractivity contribution in [2.24, 2.45) is 5.92 Å². The Hall–Kier alpha value is -1.18. The van der Waals surface area contributed by atoms with Crippen LogP contribution in [0.15, 0.2) is 18.2 Å². The summed E-state index contributed by atoms with van der Waals surface area (Å²) in [7, 11) is 1.72. The van der Waals surface area contributed by atoms with Crippen LogP contribution in [-0.4, -0.2) is 13.7 Å². The van der Waals surface area contributed by atoms with Crippen LogP contribution in [0.4, 0.5) is 0 Å². The smallest absolute Gasteiger partial charge is 0.164 e. The Balaban J connectivity index is 2.03. The van der Waals surface area contributed by atoms with E-state index in [4.69, 9.17) is 9.47 Å². The first-order valence-corrected chi connectivity index (χ1v) is 6.70. The molecule has 2 unspecified atom stereocenters. The quantitative estimate of drug-likeness (QED) is 0.734. The van der Waals surface area contributed by atoms with Crippen LogP contribution in [-0.2, 0) is 0 Å². The molecule has 0 amide bonds. The summed E-state index contributed by atoms with van der Waals surface area (Å²) in [4.78, 5) is 0. The van der Waals surface area contributed by atoms with Crippen molar-refractivity contribution in [1.29, 1.82) is 0 Å². The molecule has 92 valence electrons. The van der Waals surface area contributed by atoms with E-state index in [1.807, 2.05) is 6.07 Å². The Morgan fingerprint density at radius 1 is 1.18 bits per heavy atom. The van der Waals surface area contributed by atoms with E-state index in [-0.39, 0.29) is 0 Å². The molecule has 2 nitrogen and oxygen atoms in total. The maximum atomic E-state index is 5.94. The van der Waals surface area contributed by atoms with E-state index in [0.717, 1.165) is 24.0 Å². The lowest BCUT2D eigenvalue weighted by Crippen LogP contribution is -2.17. The molecule has 1 aromatic carbocycles. The van der Waals surface area contributed by atoms with Crippen molar-refractivity contribution < 1.29 is 9.47 Å². The van der Waals surface area contributed by atoms with Crippen molar-refractivity contribution in [1.82, 2.24) is 0 Å². The molecule has 1 saturated carbocycles. The van der Waals surface area contributed by atoms with Gasteiger partial charge < -0.3 is 9.47 Å². The first-order chi connectivity index (χ1) is 8.40. The van der Waals surface area contributed by atoms with Crippen LogP contribution in [0.5, 0.6) is 11.5 Å². The molecule has 2 aliphatic rings. The normalized spacial score (nSPS) is 27.4. The summed E-state index contributed by atoms with van der Waals surface area (Å²) in [5.74, 6) is 3.41. The Kier molecular flexibility index (Phi) is 2.96. The van der Waals surface area contributed by atoms with E-state index in [9.17, 15) is 0 Å². The highest BCUT2D eigenvalue weighted by Crippen LogP contribution is 2.47. The topological polar surface area (TPSA) is 18.5 Å². The molecule has 0 bridgehead atoms. The van der Waals surface area contributed by atoms with Crippen LogP contribution < -0.4 is 9.47 Å². The first-order valence-electron chi connectivity index (χ1n) is 6.70. The van der Waals surface area contributed by atoms with Gasteiger partial charge in [-0.3, -0.25) is 0 Å². The van der Waals surface area contributed by atoms with Gasteiger partial charge >= 0.3 is 0 Å². The van der Waals surface area contributed by atoms with Crippen molar-refractivity contribution >= 4 is 0 Å². The molecule has 1 aliphatic heterocycles. The van der Waals surface area contributed by atoms with Crippen LogP contribution >= 0.6 is 0 Å². The second-order valence-corrected chi connectivity index (χ2v) is 5.17. The molecule has 2 heteroatoms. The highest BCUT2D eigenvalue weighted by atomic mass is 16.5. The van der Waals surface area contributed by atoms with Crippen LogP contribution in [0, 0.1) is 5.92 Å². The number of ether oxygens (including phenoxy) is 2. The highest BCUT2D eigenvalue weighted by molar-refractivity contribution is 5.49. The maximum absolute atomic E-state index is 5.94. The summed E-state index contributed by atoms with van der Waals surface area (Å²) < 4.78 is 11.4. The number of rotatable bonds is 1. The molecule has 1 fully saturated rings. The fourth-order valence-electron chi connectivity index (χ4n) is 3.41. The summed E-state index contributed by atoms with van der Waals surface area (Å²) in [5.41, 5.74) is 1.38. The van der Waals surface area contributed by atoms with Crippen LogP contribution in [0.3, 0.4) is 0 Å². The summed E-state index contributed by atoms with van der Waals surface area (Å²) in [5, 5.41) is 0. The van der Waals surface area contributed by atoms with Gasteiger partial charge in [0, 0.05) is 5.56 Å². The van der Waals surface area contributed by atoms with Gasteiger partial charge in [-0.25, -0.2) is 0 Å². The summed E-state index contributed by atoms with van der Waals surface area (Å²) >= 11 is 0. The Morgan fingerprint density at radius 2 is 2.06 bits per heavy atom. The van der Waals surface area contributed by atoms with E-state index in [2.05, 4.69) is 12.1 Å². The zero-order chi connectivity index (χ0) is 11.7. The molecule has 0 spiro atoms. The van der Waals surface area contributed by atoms with Crippen molar-refractivity contribution in [2.45, 2.75) is 38.0 Å². The van der Waals surface area contributed by atoms with Crippen LogP contribution in [0.1, 0.15) is 43.6 Å². The highest BCUT2D eigenvalue weighted by Gasteiger charge is 2.31. The SMILES string of the molecule is COc1cccc2c1OCCC1CCCCC21. The van der Waals surface area contributed by atoms with Crippen molar-refractivity contribution in [3.8, 4) is 11.5 Å². The predicted molar refractivity (Wildman–Crippen MR) is 67.8 cm³/mol. The van der Waals surface area contributed by atoms with Gasteiger partial charge in [-0.15, -0.1) is 0 Å². The minimum atomic E-state index is 0.691. The number of hydrogen-bond acceptors (Lipinski definition) is 2. The maximum Gasteiger partial charge on any atom is 0.164 e. The lowest BCUT2D eigenvalue weighted by molar-refractivity contribution is 0.248. The zero-order valence-corrected chi connectivity index (χ0v) is 10.4. The fourth-order valence-corrected chi connectivity index (χ4v) is 3.41. The lowest BCUT2D eigenvalue weighted by atomic mass is 9.74. The van der Waals surface area contributed by atoms with Crippen LogP contribution in [0.2, 0.25) is 0 Å². The Morgan fingerprint density at radius 3 is 2.94 bits per heavy atom. The van der Waals surface area contributed by atoms with Gasteiger partial charge in [-0.1, -0.05) is 25.0 Å². The second-order valence-electron chi connectivity index (χ2n) is 5.17. The average Bonchev–Trinajstić information content (AvgIpc) is 2.58. The largest absolute Gasteiger partial charge is 0.493 e. The molecule has 0 aromatic heterocycles. The monoisotopic (exact) mass is 232 g/mol. The molecule has 0 N–H and O–H groups in total. The Bertz CT molecular complexity index is 400.